The van der Waals surface area contributed by atoms with Crippen LogP contribution >= 0.6 is 0 Å². The molecule has 2 aromatic rings. The molecule has 4 rings (SSSR count). The van der Waals surface area contributed by atoms with E-state index in [1.165, 1.54) is 12.7 Å². The number of hydrogen-bond acceptors (Lipinski definition) is 5. The normalized spacial score (nSPS) is 25.8. The molecular formula is C20H26N2O4. The average Bonchev–Trinajstić information content (AvgIpc) is 3.02. The summed E-state index contributed by atoms with van der Waals surface area (Å²) >= 11 is 0. The minimum Gasteiger partial charge on any atom is -0.468 e. The second-order valence-electron chi connectivity index (χ2n) is 8.01. The topological polar surface area (TPSA) is 72.6 Å². The van der Waals surface area contributed by atoms with Crippen molar-refractivity contribution in [3.8, 4) is 0 Å². The summed E-state index contributed by atoms with van der Waals surface area (Å²) in [6.45, 7) is 5.60. The van der Waals surface area contributed by atoms with E-state index in [1.807, 2.05) is 12.1 Å². The van der Waals surface area contributed by atoms with Gasteiger partial charge in [0.15, 0.2) is 6.29 Å². The molecule has 0 spiro atoms. The van der Waals surface area contributed by atoms with Gasteiger partial charge in [-0.2, -0.15) is 0 Å². The van der Waals surface area contributed by atoms with Gasteiger partial charge in [0.1, 0.15) is 6.04 Å². The first-order valence-electron chi connectivity index (χ1n) is 9.13. The minimum atomic E-state index is -0.364. The molecule has 2 aliphatic heterocycles. The van der Waals surface area contributed by atoms with E-state index < -0.39 is 0 Å². The van der Waals surface area contributed by atoms with Crippen molar-refractivity contribution >= 4 is 16.9 Å². The van der Waals surface area contributed by atoms with E-state index in [0.717, 1.165) is 16.6 Å². The molecule has 1 saturated heterocycles. The molecule has 0 aliphatic carbocycles. The molecule has 0 amide bonds. The summed E-state index contributed by atoms with van der Waals surface area (Å²) in [5, 5.41) is 4.59. The molecule has 2 aliphatic rings. The number of esters is 1. The highest BCUT2D eigenvalue weighted by Crippen LogP contribution is 2.35. The first kappa shape index (κ1) is 17.5. The van der Waals surface area contributed by atoms with E-state index in [0.29, 0.717) is 26.1 Å². The van der Waals surface area contributed by atoms with Crippen LogP contribution in [0, 0.1) is 5.41 Å². The minimum absolute atomic E-state index is 0.0390. The van der Waals surface area contributed by atoms with Gasteiger partial charge in [-0.15, -0.1) is 0 Å². The second-order valence-corrected chi connectivity index (χ2v) is 8.01. The molecule has 6 nitrogen and oxygen atoms in total. The van der Waals surface area contributed by atoms with Gasteiger partial charge in [0, 0.05) is 34.9 Å². The van der Waals surface area contributed by atoms with Crippen LogP contribution in [-0.4, -0.2) is 43.6 Å². The fraction of sp³-hybridized carbons (Fsp3) is 0.550. The van der Waals surface area contributed by atoms with Crippen LogP contribution < -0.4 is 5.32 Å². The number of benzene rings is 1. The number of carbonyl (C=O) groups is 1. The third kappa shape index (κ3) is 3.24. The van der Waals surface area contributed by atoms with E-state index in [2.05, 4.69) is 36.3 Å². The van der Waals surface area contributed by atoms with Crippen molar-refractivity contribution in [1.29, 1.82) is 0 Å². The summed E-state index contributed by atoms with van der Waals surface area (Å²) in [4.78, 5) is 15.7. The fourth-order valence-electron chi connectivity index (χ4n) is 3.86. The molecule has 140 valence electrons. The molecule has 1 aromatic carbocycles. The zero-order valence-electron chi connectivity index (χ0n) is 15.5. The number of ether oxygens (including phenoxy) is 3. The van der Waals surface area contributed by atoms with Crippen LogP contribution in [-0.2, 0) is 25.4 Å². The molecule has 0 bridgehead atoms. The second kappa shape index (κ2) is 6.68. The SMILES string of the molecule is COC(=O)[C@@H]1Cc2c([nH]c3ccccc23)[C@H](CC2OCC(C)(C)CO2)N1. The Hall–Kier alpha value is -1.89. The summed E-state index contributed by atoms with van der Waals surface area (Å²) in [5.74, 6) is -0.238. The van der Waals surface area contributed by atoms with Gasteiger partial charge < -0.3 is 19.2 Å². The first-order chi connectivity index (χ1) is 12.5. The standard InChI is InChI=1S/C20H26N2O4/c1-20(2)10-25-17(26-11-20)9-15-18-13(8-16(21-15)19(23)24-3)12-6-4-5-7-14(12)22-18/h4-7,15-17,21-22H,8-11H2,1-3H3/t15-,16-/m0/s1. The van der Waals surface area contributed by atoms with Gasteiger partial charge in [-0.05, 0) is 11.6 Å². The number of para-hydroxylation sites is 1. The molecule has 0 radical (unpaired) electrons. The molecule has 0 saturated carbocycles. The van der Waals surface area contributed by atoms with Crippen molar-refractivity contribution in [1.82, 2.24) is 10.3 Å². The van der Waals surface area contributed by atoms with Crippen LogP contribution in [0.4, 0.5) is 0 Å². The average molecular weight is 358 g/mol. The lowest BCUT2D eigenvalue weighted by molar-refractivity contribution is -0.226. The summed E-state index contributed by atoms with van der Waals surface area (Å²) in [7, 11) is 1.43. The Morgan fingerprint density at radius 1 is 1.27 bits per heavy atom. The van der Waals surface area contributed by atoms with Crippen molar-refractivity contribution in [2.75, 3.05) is 20.3 Å². The van der Waals surface area contributed by atoms with E-state index in [9.17, 15) is 4.79 Å². The van der Waals surface area contributed by atoms with Gasteiger partial charge in [-0.3, -0.25) is 10.1 Å². The van der Waals surface area contributed by atoms with Gasteiger partial charge in [0.2, 0.25) is 0 Å². The quantitative estimate of drug-likeness (QED) is 0.826. The van der Waals surface area contributed by atoms with E-state index in [4.69, 9.17) is 14.2 Å². The number of aromatic amines is 1. The molecule has 2 N–H and O–H groups in total. The van der Waals surface area contributed by atoms with E-state index >= 15 is 0 Å². The fourth-order valence-corrected chi connectivity index (χ4v) is 3.86. The maximum Gasteiger partial charge on any atom is 0.323 e. The molecule has 0 unspecified atom stereocenters. The lowest BCUT2D eigenvalue weighted by atomic mass is 9.91. The summed E-state index contributed by atoms with van der Waals surface area (Å²) < 4.78 is 16.8. The highest BCUT2D eigenvalue weighted by molar-refractivity contribution is 5.87. The maximum atomic E-state index is 12.2. The maximum absolute atomic E-state index is 12.2. The highest BCUT2D eigenvalue weighted by Gasteiger charge is 2.37. The zero-order chi connectivity index (χ0) is 18.3. The van der Waals surface area contributed by atoms with Crippen molar-refractivity contribution in [2.24, 2.45) is 5.41 Å². The summed E-state index contributed by atoms with van der Waals surface area (Å²) in [6.07, 6.45) is 0.974. The molecule has 3 heterocycles. The Balaban J connectivity index is 1.62. The number of carbonyl (C=O) groups excluding carboxylic acids is 1. The number of aromatic nitrogens is 1. The smallest absolute Gasteiger partial charge is 0.323 e. The predicted octanol–water partition coefficient (Wildman–Crippen LogP) is 2.69. The van der Waals surface area contributed by atoms with Crippen molar-refractivity contribution in [2.45, 2.75) is 45.1 Å². The monoisotopic (exact) mass is 358 g/mol. The Kier molecular flexibility index (Phi) is 4.50. The Morgan fingerprint density at radius 3 is 2.73 bits per heavy atom. The lowest BCUT2D eigenvalue weighted by Crippen LogP contribution is -2.47. The highest BCUT2D eigenvalue weighted by atomic mass is 16.7. The number of hydrogen-bond donors (Lipinski definition) is 2. The third-order valence-electron chi connectivity index (χ3n) is 5.24. The largest absolute Gasteiger partial charge is 0.468 e. The molecular weight excluding hydrogens is 332 g/mol. The molecule has 2 atom stereocenters. The van der Waals surface area contributed by atoms with Crippen LogP contribution in [0.2, 0.25) is 0 Å². The number of rotatable bonds is 3. The number of H-pyrrole nitrogens is 1. The third-order valence-corrected chi connectivity index (χ3v) is 5.24. The van der Waals surface area contributed by atoms with Crippen LogP contribution in [0.3, 0.4) is 0 Å². The number of methoxy groups -OCH3 is 1. The van der Waals surface area contributed by atoms with Crippen LogP contribution in [0.5, 0.6) is 0 Å². The molecule has 1 aromatic heterocycles. The molecule has 1 fully saturated rings. The zero-order valence-corrected chi connectivity index (χ0v) is 15.5. The van der Waals surface area contributed by atoms with Crippen molar-refractivity contribution in [3.63, 3.8) is 0 Å². The Morgan fingerprint density at radius 2 is 2.00 bits per heavy atom. The summed E-state index contributed by atoms with van der Waals surface area (Å²) in [6, 6.07) is 7.78. The van der Waals surface area contributed by atoms with Gasteiger partial charge in [0.25, 0.3) is 0 Å². The van der Waals surface area contributed by atoms with E-state index in [-0.39, 0.29) is 29.8 Å². The Bertz CT molecular complexity index is 803. The van der Waals surface area contributed by atoms with Crippen LogP contribution in [0.1, 0.15) is 37.6 Å². The predicted molar refractivity (Wildman–Crippen MR) is 97.8 cm³/mol. The van der Waals surface area contributed by atoms with Gasteiger partial charge >= 0.3 is 5.97 Å². The number of nitrogens with one attached hydrogen (secondary N) is 2. The summed E-state index contributed by atoms with van der Waals surface area (Å²) in [5.41, 5.74) is 3.41. The molecule has 26 heavy (non-hydrogen) atoms. The van der Waals surface area contributed by atoms with Crippen LogP contribution in [0.25, 0.3) is 10.9 Å². The molecule has 6 heteroatoms. The lowest BCUT2D eigenvalue weighted by Gasteiger charge is -2.37. The van der Waals surface area contributed by atoms with E-state index in [1.54, 1.807) is 0 Å². The number of fused-ring (bicyclic) bond motifs is 3. The van der Waals surface area contributed by atoms with Crippen LogP contribution in [0.15, 0.2) is 24.3 Å². The van der Waals surface area contributed by atoms with Crippen molar-refractivity contribution in [3.05, 3.63) is 35.5 Å². The van der Waals surface area contributed by atoms with Gasteiger partial charge in [-0.1, -0.05) is 32.0 Å². The first-order valence-corrected chi connectivity index (χ1v) is 9.13. The van der Waals surface area contributed by atoms with Gasteiger partial charge in [0.05, 0.1) is 26.4 Å². The Labute approximate surface area is 153 Å². The van der Waals surface area contributed by atoms with Gasteiger partial charge in [-0.25, -0.2) is 0 Å². The van der Waals surface area contributed by atoms with Crippen molar-refractivity contribution < 1.29 is 19.0 Å².